The molecule has 1 aromatic carbocycles. The number of halogens is 3. The standard InChI is InChI=1S/C20H16AsBrCl2N5O4/c1-10-7-11(23)8-12(19(31)28(2)27-20(32)33-3)16(10)21-17(30)14-9-15(22)26-29(14)18-13(24)5-4-6-25-18/h4-9H,1-3H3,(H,27,32). The molecule has 0 saturated heterocycles. The number of benzene rings is 1. The van der Waals surface area contributed by atoms with Gasteiger partial charge in [-0.15, -0.1) is 0 Å². The number of methoxy groups -OCH3 is 1. The average Bonchev–Trinajstić information content (AvgIpc) is 3.16. The number of carbonyl (C=O) groups is 3. The Kier molecular flexibility index (Phi) is 8.18. The van der Waals surface area contributed by atoms with E-state index in [0.717, 1.165) is 5.01 Å². The first kappa shape index (κ1) is 25.2. The molecule has 0 aliphatic heterocycles. The monoisotopic (exact) mass is 614 g/mol. The molecule has 0 spiro atoms. The molecule has 3 aromatic rings. The van der Waals surface area contributed by atoms with Crippen LogP contribution in [0.3, 0.4) is 0 Å². The third-order valence-electron chi connectivity index (χ3n) is 4.30. The first-order valence-electron chi connectivity index (χ1n) is 9.17. The minimum atomic E-state index is -1.22. The Balaban J connectivity index is 2.00. The maximum atomic E-state index is 13.4. The molecule has 2 amide bonds. The number of aromatic nitrogens is 3. The van der Waals surface area contributed by atoms with Crippen LogP contribution in [0.4, 0.5) is 4.79 Å². The van der Waals surface area contributed by atoms with Gasteiger partial charge in [0.25, 0.3) is 0 Å². The van der Waals surface area contributed by atoms with Crippen molar-refractivity contribution in [1.82, 2.24) is 25.2 Å². The van der Waals surface area contributed by atoms with Gasteiger partial charge in [0.2, 0.25) is 0 Å². The summed E-state index contributed by atoms with van der Waals surface area (Å²) in [5.41, 5.74) is 3.42. The van der Waals surface area contributed by atoms with Crippen LogP contribution in [0.5, 0.6) is 0 Å². The second-order valence-corrected chi connectivity index (χ2v) is 10.5. The predicted molar refractivity (Wildman–Crippen MR) is 128 cm³/mol. The fourth-order valence-electron chi connectivity index (χ4n) is 2.82. The zero-order valence-electron chi connectivity index (χ0n) is 17.5. The van der Waals surface area contributed by atoms with Crippen molar-refractivity contribution in [3.8, 4) is 5.82 Å². The van der Waals surface area contributed by atoms with Crippen molar-refractivity contribution in [1.29, 1.82) is 0 Å². The Morgan fingerprint density at radius 3 is 2.64 bits per heavy atom. The molecule has 0 unspecified atom stereocenters. The third-order valence-corrected chi connectivity index (χ3v) is 7.82. The summed E-state index contributed by atoms with van der Waals surface area (Å²) in [6, 6.07) is 8.03. The van der Waals surface area contributed by atoms with Gasteiger partial charge >= 0.3 is 215 Å². The van der Waals surface area contributed by atoms with Gasteiger partial charge in [0.05, 0.1) is 0 Å². The van der Waals surface area contributed by atoms with E-state index in [1.54, 1.807) is 37.4 Å². The van der Waals surface area contributed by atoms with Crippen molar-refractivity contribution in [2.75, 3.05) is 14.2 Å². The van der Waals surface area contributed by atoms with Crippen molar-refractivity contribution in [2.24, 2.45) is 0 Å². The van der Waals surface area contributed by atoms with Crippen LogP contribution in [-0.2, 0) is 4.74 Å². The van der Waals surface area contributed by atoms with E-state index in [-0.39, 0.29) is 15.8 Å². The topological polar surface area (TPSA) is 106 Å². The van der Waals surface area contributed by atoms with Gasteiger partial charge in [-0.25, -0.2) is 0 Å². The molecule has 1 radical (unpaired) electrons. The van der Waals surface area contributed by atoms with Gasteiger partial charge in [-0.2, -0.15) is 0 Å². The molecule has 0 aliphatic rings. The van der Waals surface area contributed by atoms with E-state index in [1.165, 1.54) is 24.9 Å². The average molecular weight is 616 g/mol. The van der Waals surface area contributed by atoms with Crippen LogP contribution in [0.1, 0.15) is 26.4 Å². The van der Waals surface area contributed by atoms with E-state index < -0.39 is 27.8 Å². The second-order valence-electron chi connectivity index (χ2n) is 6.58. The van der Waals surface area contributed by atoms with Gasteiger partial charge in [-0.1, -0.05) is 0 Å². The number of hydrogen-bond donors (Lipinski definition) is 1. The number of ether oxygens (including phenoxy) is 1. The van der Waals surface area contributed by atoms with Crippen LogP contribution in [0, 0.1) is 6.92 Å². The number of carbonyl (C=O) groups excluding carboxylic acids is 3. The maximum absolute atomic E-state index is 13.4. The first-order valence-corrected chi connectivity index (χ1v) is 12.6. The van der Waals surface area contributed by atoms with E-state index in [2.05, 4.69) is 36.2 Å². The number of nitrogens with one attached hydrogen (secondary N) is 1. The minimum absolute atomic E-state index is 0.202. The van der Waals surface area contributed by atoms with Crippen LogP contribution in [-0.4, -0.2) is 66.3 Å². The Morgan fingerprint density at radius 2 is 1.97 bits per heavy atom. The molecule has 0 fully saturated rings. The molecule has 13 heteroatoms. The Morgan fingerprint density at radius 1 is 1.24 bits per heavy atom. The first-order chi connectivity index (χ1) is 15.6. The molecule has 0 bridgehead atoms. The molecule has 171 valence electrons. The van der Waals surface area contributed by atoms with E-state index >= 15 is 0 Å². The molecule has 2 aromatic heterocycles. The van der Waals surface area contributed by atoms with Gasteiger partial charge in [-0.3, -0.25) is 0 Å². The van der Waals surface area contributed by atoms with Crippen molar-refractivity contribution >= 4 is 75.8 Å². The van der Waals surface area contributed by atoms with Gasteiger partial charge < -0.3 is 0 Å². The van der Waals surface area contributed by atoms with Crippen molar-refractivity contribution in [2.45, 2.75) is 6.92 Å². The number of pyridine rings is 1. The SMILES string of the molecule is COC(=O)NN(C)C(=O)c1cc(Cl)cc(C)c1[As]C(=O)c1cc(Br)nn1-c1ncccc1Cl. The van der Waals surface area contributed by atoms with Crippen LogP contribution in [0.25, 0.3) is 5.82 Å². The van der Waals surface area contributed by atoms with Crippen molar-refractivity contribution < 1.29 is 19.1 Å². The molecule has 33 heavy (non-hydrogen) atoms. The fourth-order valence-corrected chi connectivity index (χ4v) is 5.76. The zero-order valence-corrected chi connectivity index (χ0v) is 22.4. The molecule has 1 N–H and O–H groups in total. The summed E-state index contributed by atoms with van der Waals surface area (Å²) in [5.74, 6) is -0.243. The summed E-state index contributed by atoms with van der Waals surface area (Å²) in [4.78, 5) is 42.1. The molecular formula is C20H16AsBrCl2N5O4. The van der Waals surface area contributed by atoms with Gasteiger partial charge in [0.1, 0.15) is 0 Å². The molecular weight excluding hydrogens is 600 g/mol. The summed E-state index contributed by atoms with van der Waals surface area (Å²) in [7, 11) is 2.55. The molecule has 3 rings (SSSR count). The normalized spacial score (nSPS) is 11.0. The molecule has 0 saturated carbocycles. The Bertz CT molecular complexity index is 1250. The van der Waals surface area contributed by atoms with E-state index in [9.17, 15) is 14.4 Å². The fraction of sp³-hybridized carbons (Fsp3) is 0.150. The number of rotatable bonds is 5. The Hall–Kier alpha value is -2.39. The van der Waals surface area contributed by atoms with Crippen LogP contribution in [0.15, 0.2) is 41.1 Å². The van der Waals surface area contributed by atoms with Crippen LogP contribution >= 0.6 is 39.1 Å². The van der Waals surface area contributed by atoms with Crippen molar-refractivity contribution in [3.05, 3.63) is 68.0 Å². The number of hydrogen-bond acceptors (Lipinski definition) is 6. The zero-order chi connectivity index (χ0) is 24.3. The summed E-state index contributed by atoms with van der Waals surface area (Å²) < 4.78 is 6.62. The number of aryl methyl sites for hydroxylation is 1. The Labute approximate surface area is 214 Å². The number of nitrogens with zero attached hydrogens (tertiary/aromatic N) is 4. The quantitative estimate of drug-likeness (QED) is 0.349. The summed E-state index contributed by atoms with van der Waals surface area (Å²) in [6.45, 7) is 1.76. The van der Waals surface area contributed by atoms with E-state index in [4.69, 9.17) is 23.2 Å². The van der Waals surface area contributed by atoms with E-state index in [1.807, 2.05) is 0 Å². The van der Waals surface area contributed by atoms with E-state index in [0.29, 0.717) is 30.4 Å². The summed E-state index contributed by atoms with van der Waals surface area (Å²) in [6.07, 6.45) is 0.736. The molecule has 0 aliphatic carbocycles. The third kappa shape index (κ3) is 5.76. The van der Waals surface area contributed by atoms with Crippen LogP contribution in [0.2, 0.25) is 10.0 Å². The molecule has 9 nitrogen and oxygen atoms in total. The van der Waals surface area contributed by atoms with Crippen LogP contribution < -0.4 is 9.78 Å². The predicted octanol–water partition coefficient (Wildman–Crippen LogP) is 3.16. The summed E-state index contributed by atoms with van der Waals surface area (Å²) in [5, 5.41) is 5.92. The number of hydrazine groups is 1. The molecule has 0 atom stereocenters. The van der Waals surface area contributed by atoms with Gasteiger partial charge in [0.15, 0.2) is 0 Å². The second kappa shape index (κ2) is 10.7. The van der Waals surface area contributed by atoms with Gasteiger partial charge in [-0.05, 0) is 0 Å². The van der Waals surface area contributed by atoms with Crippen molar-refractivity contribution in [3.63, 3.8) is 0 Å². The number of amides is 2. The summed E-state index contributed by atoms with van der Waals surface area (Å²) >= 11 is 14.5. The van der Waals surface area contributed by atoms with Gasteiger partial charge in [0, 0.05) is 0 Å². The molecule has 2 heterocycles.